The minimum absolute atomic E-state index is 0.0716. The van der Waals surface area contributed by atoms with Gasteiger partial charge in [-0.05, 0) is 49.7 Å². The van der Waals surface area contributed by atoms with Crippen LogP contribution >= 0.6 is 0 Å². The van der Waals surface area contributed by atoms with Crippen LogP contribution in [0.3, 0.4) is 0 Å². The number of hydrogen-bond acceptors (Lipinski definition) is 5. The molecule has 3 rings (SSSR count). The average molecular weight is 324 g/mol. The van der Waals surface area contributed by atoms with Crippen LogP contribution in [-0.4, -0.2) is 23.3 Å². The van der Waals surface area contributed by atoms with E-state index >= 15 is 0 Å². The lowest BCUT2D eigenvalue weighted by molar-refractivity contribution is -0.155. The third-order valence-corrected chi connectivity index (χ3v) is 3.99. The zero-order valence-corrected chi connectivity index (χ0v) is 13.4. The highest BCUT2D eigenvalue weighted by Crippen LogP contribution is 2.29. The van der Waals surface area contributed by atoms with Gasteiger partial charge in [-0.25, -0.2) is 9.59 Å². The van der Waals surface area contributed by atoms with Crippen LogP contribution < -0.4 is 4.74 Å². The second-order valence-electron chi connectivity index (χ2n) is 5.92. The van der Waals surface area contributed by atoms with Crippen molar-refractivity contribution in [1.82, 2.24) is 0 Å². The van der Waals surface area contributed by atoms with Crippen LogP contribution in [0.25, 0.3) is 0 Å². The number of cyclic esters (lactones) is 1. The van der Waals surface area contributed by atoms with E-state index in [-0.39, 0.29) is 12.2 Å². The maximum Gasteiger partial charge on any atom is 0.356 e. The molecule has 1 aliphatic rings. The number of rotatable bonds is 3. The smallest absolute Gasteiger partial charge is 0.356 e. The number of carbonyl (C=O) groups is 3. The van der Waals surface area contributed by atoms with Gasteiger partial charge in [0.25, 0.3) is 0 Å². The number of ketones is 1. The third-order valence-electron chi connectivity index (χ3n) is 3.99. The molecule has 0 bridgehead atoms. The Balaban J connectivity index is 1.80. The van der Waals surface area contributed by atoms with Gasteiger partial charge in [0, 0.05) is 12.0 Å². The molecular formula is C19H16O5. The summed E-state index contributed by atoms with van der Waals surface area (Å²) in [7, 11) is 0. The Bertz CT molecular complexity index is 822. The van der Waals surface area contributed by atoms with Crippen molar-refractivity contribution in [3.05, 3.63) is 65.2 Å². The van der Waals surface area contributed by atoms with Crippen molar-refractivity contribution in [2.24, 2.45) is 0 Å². The summed E-state index contributed by atoms with van der Waals surface area (Å²) in [5.41, 5.74) is 0.359. The zero-order chi connectivity index (χ0) is 17.3. The molecule has 2 aromatic rings. The van der Waals surface area contributed by atoms with Crippen molar-refractivity contribution < 1.29 is 23.9 Å². The van der Waals surface area contributed by atoms with Crippen molar-refractivity contribution in [2.75, 3.05) is 0 Å². The molecule has 0 amide bonds. The Kier molecular flexibility index (Phi) is 3.93. The van der Waals surface area contributed by atoms with Crippen molar-refractivity contribution in [2.45, 2.75) is 25.9 Å². The van der Waals surface area contributed by atoms with E-state index < -0.39 is 17.5 Å². The summed E-state index contributed by atoms with van der Waals surface area (Å²) in [4.78, 5) is 35.9. The Labute approximate surface area is 139 Å². The van der Waals surface area contributed by atoms with Crippen LogP contribution in [0.4, 0.5) is 0 Å². The van der Waals surface area contributed by atoms with Gasteiger partial charge in [-0.15, -0.1) is 0 Å². The molecule has 1 aliphatic heterocycles. The molecule has 122 valence electrons. The van der Waals surface area contributed by atoms with E-state index in [0.29, 0.717) is 16.9 Å². The van der Waals surface area contributed by atoms with Gasteiger partial charge in [0.2, 0.25) is 5.60 Å². The number of benzene rings is 2. The number of esters is 2. The quantitative estimate of drug-likeness (QED) is 0.493. The molecule has 5 nitrogen and oxygen atoms in total. The van der Waals surface area contributed by atoms with E-state index in [4.69, 9.17) is 9.47 Å². The minimum atomic E-state index is -1.38. The van der Waals surface area contributed by atoms with Crippen LogP contribution in [0.1, 0.15) is 40.1 Å². The first-order valence-electron chi connectivity index (χ1n) is 7.53. The first-order chi connectivity index (χ1) is 11.4. The molecule has 0 aromatic heterocycles. The van der Waals surface area contributed by atoms with E-state index in [1.807, 2.05) is 6.07 Å². The lowest BCUT2D eigenvalue weighted by atomic mass is 9.90. The van der Waals surface area contributed by atoms with Gasteiger partial charge in [0.15, 0.2) is 5.78 Å². The second kappa shape index (κ2) is 5.92. The summed E-state index contributed by atoms with van der Waals surface area (Å²) in [6.45, 7) is 2.99. The summed E-state index contributed by atoms with van der Waals surface area (Å²) in [5.74, 6) is -0.969. The van der Waals surface area contributed by atoms with Crippen molar-refractivity contribution in [3.63, 3.8) is 0 Å². The van der Waals surface area contributed by atoms with Gasteiger partial charge >= 0.3 is 11.9 Å². The topological polar surface area (TPSA) is 69.7 Å². The fraction of sp³-hybridized carbons (Fsp3) is 0.211. The zero-order valence-electron chi connectivity index (χ0n) is 13.4. The van der Waals surface area contributed by atoms with Gasteiger partial charge in [-0.3, -0.25) is 4.79 Å². The largest absolute Gasteiger partial charge is 0.443 e. The van der Waals surface area contributed by atoms with Crippen molar-refractivity contribution >= 4 is 17.7 Å². The normalized spacial score (nSPS) is 19.2. The molecule has 0 saturated heterocycles. The molecule has 5 heteroatoms. The number of carbonyl (C=O) groups excluding carboxylic acids is 3. The lowest BCUT2D eigenvalue weighted by Gasteiger charge is -2.32. The monoisotopic (exact) mass is 324 g/mol. The molecule has 0 saturated carbocycles. The summed E-state index contributed by atoms with van der Waals surface area (Å²) >= 11 is 0. The minimum Gasteiger partial charge on any atom is -0.443 e. The molecule has 24 heavy (non-hydrogen) atoms. The molecule has 0 fully saturated rings. The highest BCUT2D eigenvalue weighted by Gasteiger charge is 2.44. The number of hydrogen-bond donors (Lipinski definition) is 0. The van der Waals surface area contributed by atoms with Crippen LogP contribution in [0.15, 0.2) is 48.5 Å². The maximum atomic E-state index is 12.5. The van der Waals surface area contributed by atoms with E-state index in [1.54, 1.807) is 30.3 Å². The van der Waals surface area contributed by atoms with Gasteiger partial charge in [0.05, 0.1) is 5.56 Å². The average Bonchev–Trinajstić information content (AvgIpc) is 2.55. The molecule has 1 atom stereocenters. The number of Topliss-reactive ketones (excluding diaryl/α,β-unsaturated/α-hetero) is 1. The first kappa shape index (κ1) is 15.9. The van der Waals surface area contributed by atoms with Gasteiger partial charge in [-0.2, -0.15) is 0 Å². The number of fused-ring (bicyclic) bond motifs is 1. The van der Waals surface area contributed by atoms with E-state index in [0.717, 1.165) is 5.56 Å². The summed E-state index contributed by atoms with van der Waals surface area (Å²) < 4.78 is 10.7. The van der Waals surface area contributed by atoms with Crippen LogP contribution in [-0.2, 0) is 16.0 Å². The highest BCUT2D eigenvalue weighted by atomic mass is 16.6. The van der Waals surface area contributed by atoms with Crippen LogP contribution in [0.5, 0.6) is 5.75 Å². The molecule has 2 aromatic carbocycles. The van der Waals surface area contributed by atoms with Gasteiger partial charge in [0.1, 0.15) is 5.75 Å². The van der Waals surface area contributed by atoms with Crippen molar-refractivity contribution in [1.29, 1.82) is 0 Å². The first-order valence-corrected chi connectivity index (χ1v) is 7.53. The second-order valence-corrected chi connectivity index (χ2v) is 5.92. The summed E-state index contributed by atoms with van der Waals surface area (Å²) in [6, 6.07) is 13.3. The Morgan fingerprint density at radius 2 is 1.75 bits per heavy atom. The fourth-order valence-electron chi connectivity index (χ4n) is 2.62. The molecule has 0 N–H and O–H groups in total. The lowest BCUT2D eigenvalue weighted by Crippen LogP contribution is -2.48. The highest BCUT2D eigenvalue weighted by molar-refractivity contribution is 5.97. The van der Waals surface area contributed by atoms with Crippen LogP contribution in [0, 0.1) is 0 Å². The molecule has 1 heterocycles. The number of ether oxygens (including phenoxy) is 2. The predicted molar refractivity (Wildman–Crippen MR) is 86.0 cm³/mol. The molecule has 1 unspecified atom stereocenters. The Morgan fingerprint density at radius 3 is 2.42 bits per heavy atom. The summed E-state index contributed by atoms with van der Waals surface area (Å²) in [6.07, 6.45) is 0.249. The van der Waals surface area contributed by atoms with Gasteiger partial charge in [-0.1, -0.05) is 18.2 Å². The standard InChI is InChI=1S/C19H16O5/c1-12(20)13-7-9-15(10-8-13)23-18(22)19(2)11-14-5-3-4-6-16(14)17(21)24-19/h3-10H,11H2,1-2H3. The molecule has 0 radical (unpaired) electrons. The molecular weight excluding hydrogens is 308 g/mol. The maximum absolute atomic E-state index is 12.5. The van der Waals surface area contributed by atoms with Crippen LogP contribution in [0.2, 0.25) is 0 Å². The Hall–Kier alpha value is -2.95. The Morgan fingerprint density at radius 1 is 1.08 bits per heavy atom. The predicted octanol–water partition coefficient (Wildman–Crippen LogP) is 2.97. The summed E-state index contributed by atoms with van der Waals surface area (Å²) in [5, 5.41) is 0. The molecule has 0 spiro atoms. The molecule has 0 aliphatic carbocycles. The fourth-order valence-corrected chi connectivity index (χ4v) is 2.62. The third kappa shape index (κ3) is 2.93. The SMILES string of the molecule is CC(=O)c1ccc(OC(=O)C2(C)Cc3ccccc3C(=O)O2)cc1. The van der Waals surface area contributed by atoms with Crippen molar-refractivity contribution in [3.8, 4) is 5.75 Å². The van der Waals surface area contributed by atoms with Gasteiger partial charge < -0.3 is 9.47 Å². The van der Waals surface area contributed by atoms with E-state index in [1.165, 1.54) is 26.0 Å². The van der Waals surface area contributed by atoms with E-state index in [9.17, 15) is 14.4 Å². The van der Waals surface area contributed by atoms with E-state index in [2.05, 4.69) is 0 Å².